The van der Waals surface area contributed by atoms with E-state index in [2.05, 4.69) is 19.9 Å². The molecule has 2 aliphatic rings. The molecule has 4 rings (SSSR count). The first-order chi connectivity index (χ1) is 10.8. The number of nitrogens with one attached hydrogen (secondary N) is 1. The Balaban J connectivity index is 1.78. The highest BCUT2D eigenvalue weighted by molar-refractivity contribution is 5.94. The maximum atomic E-state index is 12.1. The van der Waals surface area contributed by atoms with Crippen molar-refractivity contribution in [3.63, 3.8) is 0 Å². The molecule has 0 spiro atoms. The molecule has 1 N–H and O–H groups in total. The number of aromatic nitrogens is 4. The molecule has 0 bridgehead atoms. The fraction of sp³-hybridized carbons (Fsp3) is 0.467. The molecular formula is C15H17N5O2. The summed E-state index contributed by atoms with van der Waals surface area (Å²) in [7, 11) is 1.53. The summed E-state index contributed by atoms with van der Waals surface area (Å²) in [4.78, 5) is 25.2. The molecule has 0 radical (unpaired) electrons. The van der Waals surface area contributed by atoms with Crippen LogP contribution in [-0.4, -0.2) is 32.5 Å². The molecule has 7 nitrogen and oxygen atoms in total. The molecule has 0 fully saturated rings. The van der Waals surface area contributed by atoms with Gasteiger partial charge < -0.3 is 14.6 Å². The number of anilines is 1. The van der Waals surface area contributed by atoms with Gasteiger partial charge in [0.15, 0.2) is 0 Å². The predicted molar refractivity (Wildman–Crippen MR) is 78.8 cm³/mol. The van der Waals surface area contributed by atoms with E-state index < -0.39 is 0 Å². The van der Waals surface area contributed by atoms with Gasteiger partial charge in [-0.2, -0.15) is 0 Å². The zero-order chi connectivity index (χ0) is 15.1. The van der Waals surface area contributed by atoms with Gasteiger partial charge in [-0.15, -0.1) is 0 Å². The Bertz CT molecular complexity index is 722. The van der Waals surface area contributed by atoms with Gasteiger partial charge in [0, 0.05) is 37.7 Å². The van der Waals surface area contributed by atoms with E-state index in [-0.39, 0.29) is 11.8 Å². The maximum absolute atomic E-state index is 12.1. The Hall–Kier alpha value is -2.44. The number of ether oxygens (including phenoxy) is 1. The molecule has 114 valence electrons. The Morgan fingerprint density at radius 3 is 2.91 bits per heavy atom. The first kappa shape index (κ1) is 13.2. The number of nitrogens with zero attached hydrogens (tertiary/aromatic N) is 4. The zero-order valence-corrected chi connectivity index (χ0v) is 12.4. The number of rotatable bonds is 2. The van der Waals surface area contributed by atoms with Crippen LogP contribution in [0.1, 0.15) is 42.3 Å². The van der Waals surface area contributed by atoms with Crippen LogP contribution < -0.4 is 10.1 Å². The SMILES string of the molecule is COc1ncc([C@@H]2CC(=O)Nc3c2nc2n3CCCC2)cn1. The number of hydrogen-bond donors (Lipinski definition) is 1. The number of imidazole rings is 1. The maximum Gasteiger partial charge on any atom is 0.316 e. The minimum absolute atomic E-state index is 0.0154. The van der Waals surface area contributed by atoms with Gasteiger partial charge in [-0.3, -0.25) is 4.79 Å². The second-order valence-corrected chi connectivity index (χ2v) is 5.68. The number of carbonyl (C=O) groups is 1. The van der Waals surface area contributed by atoms with E-state index in [4.69, 9.17) is 9.72 Å². The zero-order valence-electron chi connectivity index (χ0n) is 12.4. The van der Waals surface area contributed by atoms with Gasteiger partial charge in [0.05, 0.1) is 12.8 Å². The molecule has 2 aromatic rings. The van der Waals surface area contributed by atoms with E-state index in [1.807, 2.05) is 0 Å². The van der Waals surface area contributed by atoms with Crippen LogP contribution in [0.2, 0.25) is 0 Å². The number of amides is 1. The topological polar surface area (TPSA) is 81.9 Å². The molecule has 1 amide bonds. The third kappa shape index (κ3) is 2.04. The van der Waals surface area contributed by atoms with Crippen LogP contribution in [0.5, 0.6) is 6.01 Å². The van der Waals surface area contributed by atoms with Crippen LogP contribution in [0.4, 0.5) is 5.82 Å². The van der Waals surface area contributed by atoms with Crippen LogP contribution in [0.25, 0.3) is 0 Å². The number of methoxy groups -OCH3 is 1. The van der Waals surface area contributed by atoms with E-state index in [0.29, 0.717) is 12.4 Å². The van der Waals surface area contributed by atoms with Crippen molar-refractivity contribution in [1.29, 1.82) is 0 Å². The van der Waals surface area contributed by atoms with Gasteiger partial charge >= 0.3 is 6.01 Å². The normalized spacial score (nSPS) is 20.0. The molecule has 1 atom stereocenters. The van der Waals surface area contributed by atoms with Crippen molar-refractivity contribution in [2.45, 2.75) is 38.1 Å². The van der Waals surface area contributed by atoms with Crippen LogP contribution >= 0.6 is 0 Å². The summed E-state index contributed by atoms with van der Waals surface area (Å²) < 4.78 is 7.14. The highest BCUT2D eigenvalue weighted by Gasteiger charge is 2.33. The molecule has 2 aromatic heterocycles. The second-order valence-electron chi connectivity index (χ2n) is 5.68. The van der Waals surface area contributed by atoms with Crippen LogP contribution in [0, 0.1) is 0 Å². The number of fused-ring (bicyclic) bond motifs is 3. The standard InChI is InChI=1S/C15H17N5O2/c1-22-15-16-7-9(8-17-15)10-6-12(21)19-14-13(10)18-11-4-2-3-5-20(11)14/h7-8,10H,2-6H2,1H3,(H,19,21)/t10-/m0/s1. The number of carbonyl (C=O) groups excluding carboxylic acids is 1. The van der Waals surface area contributed by atoms with Crippen molar-refractivity contribution in [3.8, 4) is 6.01 Å². The molecule has 0 saturated heterocycles. The molecule has 22 heavy (non-hydrogen) atoms. The lowest BCUT2D eigenvalue weighted by Crippen LogP contribution is -2.25. The first-order valence-electron chi connectivity index (χ1n) is 7.51. The van der Waals surface area contributed by atoms with E-state index in [9.17, 15) is 4.79 Å². The quantitative estimate of drug-likeness (QED) is 0.908. The van der Waals surface area contributed by atoms with Crippen LogP contribution in [0.3, 0.4) is 0 Å². The summed E-state index contributed by atoms with van der Waals surface area (Å²) in [6, 6.07) is 0.327. The summed E-state index contributed by atoms with van der Waals surface area (Å²) in [6.07, 6.45) is 7.06. The Kier molecular flexibility index (Phi) is 3.06. The average molecular weight is 299 g/mol. The second kappa shape index (κ2) is 5.08. The molecule has 0 unspecified atom stereocenters. The van der Waals surface area contributed by atoms with Crippen molar-refractivity contribution in [1.82, 2.24) is 19.5 Å². The van der Waals surface area contributed by atoms with E-state index >= 15 is 0 Å². The third-order valence-corrected chi connectivity index (χ3v) is 4.32. The minimum atomic E-state index is -0.0900. The lowest BCUT2D eigenvalue weighted by Gasteiger charge is -2.23. The Morgan fingerprint density at radius 2 is 2.14 bits per heavy atom. The molecule has 7 heteroatoms. The summed E-state index contributed by atoms with van der Waals surface area (Å²) in [5.74, 6) is 1.85. The molecule has 0 aromatic carbocycles. The van der Waals surface area contributed by atoms with Gasteiger partial charge in [-0.05, 0) is 18.4 Å². The van der Waals surface area contributed by atoms with Gasteiger partial charge in [0.25, 0.3) is 0 Å². The van der Waals surface area contributed by atoms with Crippen molar-refractivity contribution < 1.29 is 9.53 Å². The van der Waals surface area contributed by atoms with Gasteiger partial charge in [-0.1, -0.05) is 0 Å². The highest BCUT2D eigenvalue weighted by atomic mass is 16.5. The largest absolute Gasteiger partial charge is 0.467 e. The van der Waals surface area contributed by atoms with E-state index in [0.717, 1.165) is 48.7 Å². The van der Waals surface area contributed by atoms with Gasteiger partial charge in [0.1, 0.15) is 11.6 Å². The van der Waals surface area contributed by atoms with Crippen molar-refractivity contribution >= 4 is 11.7 Å². The van der Waals surface area contributed by atoms with E-state index in [1.54, 1.807) is 12.4 Å². The monoisotopic (exact) mass is 299 g/mol. The smallest absolute Gasteiger partial charge is 0.316 e. The molecule has 4 heterocycles. The van der Waals surface area contributed by atoms with E-state index in [1.165, 1.54) is 7.11 Å². The summed E-state index contributed by atoms with van der Waals surface area (Å²) in [5.41, 5.74) is 1.83. The Labute approximate surface area is 127 Å². The fourth-order valence-corrected chi connectivity index (χ4v) is 3.23. The Morgan fingerprint density at radius 1 is 1.32 bits per heavy atom. The van der Waals surface area contributed by atoms with Crippen molar-refractivity contribution in [2.75, 3.05) is 12.4 Å². The molecule has 2 aliphatic heterocycles. The molecular weight excluding hydrogens is 282 g/mol. The highest BCUT2D eigenvalue weighted by Crippen LogP contribution is 2.38. The lowest BCUT2D eigenvalue weighted by molar-refractivity contribution is -0.116. The lowest BCUT2D eigenvalue weighted by atomic mass is 9.92. The predicted octanol–water partition coefficient (Wildman–Crippen LogP) is 1.49. The minimum Gasteiger partial charge on any atom is -0.467 e. The summed E-state index contributed by atoms with van der Waals surface area (Å²) >= 11 is 0. The summed E-state index contributed by atoms with van der Waals surface area (Å²) in [5, 5.41) is 2.99. The average Bonchev–Trinajstić information content (AvgIpc) is 2.93. The van der Waals surface area contributed by atoms with Gasteiger partial charge in [0.2, 0.25) is 5.91 Å². The van der Waals surface area contributed by atoms with Crippen molar-refractivity contribution in [3.05, 3.63) is 29.5 Å². The fourth-order valence-electron chi connectivity index (χ4n) is 3.23. The van der Waals surface area contributed by atoms with Gasteiger partial charge in [-0.25, -0.2) is 15.0 Å². The summed E-state index contributed by atoms with van der Waals surface area (Å²) in [6.45, 7) is 0.920. The van der Waals surface area contributed by atoms with Crippen LogP contribution in [0.15, 0.2) is 12.4 Å². The third-order valence-electron chi connectivity index (χ3n) is 4.32. The molecule has 0 saturated carbocycles. The number of hydrogen-bond acceptors (Lipinski definition) is 5. The number of aryl methyl sites for hydroxylation is 1. The molecule has 0 aliphatic carbocycles. The van der Waals surface area contributed by atoms with Crippen molar-refractivity contribution in [2.24, 2.45) is 0 Å². The van der Waals surface area contributed by atoms with Crippen LogP contribution in [-0.2, 0) is 17.8 Å². The first-order valence-corrected chi connectivity index (χ1v) is 7.51.